The molecule has 4 aliphatic rings. The molecule has 0 saturated heterocycles. The smallest absolute Gasteiger partial charge is 0.306 e. The minimum absolute atomic E-state index is 0.200. The lowest BCUT2D eigenvalue weighted by Gasteiger charge is -2.37. The van der Waals surface area contributed by atoms with Crippen molar-refractivity contribution >= 4 is 52.4 Å². The second-order valence-corrected chi connectivity index (χ2v) is 17.3. The lowest BCUT2D eigenvalue weighted by Crippen LogP contribution is -2.42. The summed E-state index contributed by atoms with van der Waals surface area (Å²) in [5.74, 6) is -0.440. The number of carboxylic acid groups (broad SMARTS) is 1. The molecular formula is C43H52Cl2N8O5. The minimum Gasteiger partial charge on any atom is -0.481 e. The molecule has 4 N–H and O–H groups in total. The molecule has 8 rings (SSSR count). The van der Waals surface area contributed by atoms with Gasteiger partial charge in [-0.25, -0.2) is 9.97 Å². The maximum atomic E-state index is 13.7. The molecule has 0 bridgehead atoms. The first-order chi connectivity index (χ1) is 27.9. The van der Waals surface area contributed by atoms with Crippen molar-refractivity contribution in [1.82, 2.24) is 28.9 Å². The van der Waals surface area contributed by atoms with E-state index in [4.69, 9.17) is 33.2 Å². The number of nitrogens with one attached hydrogen (secondary N) is 2. The zero-order valence-corrected chi connectivity index (χ0v) is 34.7. The van der Waals surface area contributed by atoms with Crippen LogP contribution in [0.5, 0.6) is 0 Å². The number of carbonyl (C=O) groups is 3. The van der Waals surface area contributed by atoms with E-state index in [0.717, 1.165) is 113 Å². The number of hydrogen-bond donors (Lipinski definition) is 4. The average Bonchev–Trinajstić information content (AvgIpc) is 3.74. The van der Waals surface area contributed by atoms with Gasteiger partial charge in [0, 0.05) is 81.7 Å². The Morgan fingerprint density at radius 3 is 1.83 bits per heavy atom. The normalized spacial score (nSPS) is 22.6. The Balaban J connectivity index is 0.917. The average molecular weight is 832 g/mol. The van der Waals surface area contributed by atoms with Crippen molar-refractivity contribution in [3.05, 3.63) is 80.9 Å². The number of anilines is 2. The Morgan fingerprint density at radius 1 is 0.741 bits per heavy atom. The summed E-state index contributed by atoms with van der Waals surface area (Å²) in [5, 5.41) is 25.9. The van der Waals surface area contributed by atoms with E-state index in [-0.39, 0.29) is 23.8 Å². The lowest BCUT2D eigenvalue weighted by molar-refractivity contribution is -0.143. The summed E-state index contributed by atoms with van der Waals surface area (Å²) in [6, 6.07) is 11.1. The molecule has 2 fully saturated rings. The number of fused-ring (bicyclic) bond motifs is 2. The summed E-state index contributed by atoms with van der Waals surface area (Å²) >= 11 is 14.0. The number of halogens is 2. The fourth-order valence-corrected chi connectivity index (χ4v) is 10.1. The number of hydrogen-bond acceptors (Lipinski definition) is 8. The van der Waals surface area contributed by atoms with E-state index in [0.29, 0.717) is 69.2 Å². The molecule has 308 valence electrons. The molecule has 4 heterocycles. The highest BCUT2D eigenvalue weighted by Crippen LogP contribution is 2.41. The maximum Gasteiger partial charge on any atom is 0.306 e. The van der Waals surface area contributed by atoms with Crippen LogP contribution in [0.1, 0.15) is 102 Å². The summed E-state index contributed by atoms with van der Waals surface area (Å²) in [5.41, 5.74) is 5.91. The Hall–Kier alpha value is -4.27. The number of aliphatic hydroxyl groups excluding tert-OH is 1. The number of aromatic nitrogens is 4. The van der Waals surface area contributed by atoms with E-state index >= 15 is 0 Å². The topological polar surface area (TPSA) is 158 Å². The van der Waals surface area contributed by atoms with Gasteiger partial charge in [-0.1, -0.05) is 47.5 Å². The molecule has 0 atom stereocenters. The Kier molecular flexibility index (Phi) is 12.0. The first-order valence-electron chi connectivity index (χ1n) is 20.6. The third-order valence-corrected chi connectivity index (χ3v) is 13.9. The highest BCUT2D eigenvalue weighted by molar-refractivity contribution is 6.40. The van der Waals surface area contributed by atoms with Crippen molar-refractivity contribution in [2.24, 2.45) is 25.9 Å². The number of aliphatic hydroxyl groups is 1. The quantitative estimate of drug-likeness (QED) is 0.133. The molecule has 58 heavy (non-hydrogen) atoms. The summed E-state index contributed by atoms with van der Waals surface area (Å²) in [6.07, 6.45) is 9.45. The number of benzene rings is 2. The molecule has 0 spiro atoms. The standard InChI is InChI=1S/C43H52Cl2N8O5/c1-50-35-18-21-52(20-17-25-9-11-26(12-10-25)43(57)58)23-33(35)46-39(50)41(55)48-31-7-3-5-29(37(31)44)30-6-4-8-32(38(30)45)49-42(56)40-47-34-24-53(22-19-36(34)51(40)2)27-13-15-28(54)16-14-27/h3-8,25-28,54H,9-24H2,1-2H3,(H,48,55)(H,49,56)(H,57,58)/t25-,26-,27?,28?. The summed E-state index contributed by atoms with van der Waals surface area (Å²) in [7, 11) is 3.74. The fourth-order valence-electron chi connectivity index (χ4n) is 9.56. The van der Waals surface area contributed by atoms with Gasteiger partial charge in [-0.2, -0.15) is 0 Å². The number of carbonyl (C=O) groups excluding carboxylic acids is 2. The molecule has 0 unspecified atom stereocenters. The van der Waals surface area contributed by atoms with Crippen LogP contribution in [0, 0.1) is 11.8 Å². The number of rotatable bonds is 10. The number of imidazole rings is 2. The Labute approximate surface area is 348 Å². The molecule has 2 aliphatic heterocycles. The number of carboxylic acids is 1. The van der Waals surface area contributed by atoms with Crippen molar-refractivity contribution in [2.45, 2.75) is 95.9 Å². The SMILES string of the molecule is Cn1c(C(=O)Nc2cccc(-c3cccc(NC(=O)c4nc5c(n4C)CCN(C4CCC(O)CC4)C5)c3Cl)c2Cl)nc2c1CCN(CC[C@H]1CC[C@H](C(=O)O)CC1)C2. The van der Waals surface area contributed by atoms with E-state index in [1.807, 2.05) is 35.4 Å². The van der Waals surface area contributed by atoms with Crippen LogP contribution in [-0.4, -0.2) is 88.7 Å². The molecule has 0 radical (unpaired) electrons. The molecular weight excluding hydrogens is 779 g/mol. The van der Waals surface area contributed by atoms with Crippen molar-refractivity contribution in [3.8, 4) is 11.1 Å². The first-order valence-corrected chi connectivity index (χ1v) is 21.4. The van der Waals surface area contributed by atoms with Crippen LogP contribution in [0.2, 0.25) is 10.0 Å². The number of amides is 2. The van der Waals surface area contributed by atoms with E-state index in [9.17, 15) is 24.6 Å². The minimum atomic E-state index is -0.672. The largest absolute Gasteiger partial charge is 0.481 e. The number of nitrogens with zero attached hydrogens (tertiary/aromatic N) is 6. The van der Waals surface area contributed by atoms with Gasteiger partial charge in [0.15, 0.2) is 11.6 Å². The third-order valence-electron chi connectivity index (χ3n) is 13.0. The molecule has 2 aliphatic carbocycles. The van der Waals surface area contributed by atoms with Gasteiger partial charge < -0.3 is 30.0 Å². The van der Waals surface area contributed by atoms with Crippen LogP contribution in [0.4, 0.5) is 11.4 Å². The van der Waals surface area contributed by atoms with Crippen LogP contribution in [-0.2, 0) is 44.8 Å². The second kappa shape index (κ2) is 17.1. The zero-order chi connectivity index (χ0) is 40.7. The molecule has 2 aromatic carbocycles. The van der Waals surface area contributed by atoms with Crippen LogP contribution in [0.25, 0.3) is 11.1 Å². The summed E-state index contributed by atoms with van der Waals surface area (Å²) < 4.78 is 3.74. The van der Waals surface area contributed by atoms with Gasteiger partial charge in [0.1, 0.15) is 0 Å². The van der Waals surface area contributed by atoms with Gasteiger partial charge >= 0.3 is 5.97 Å². The second-order valence-electron chi connectivity index (χ2n) is 16.6. The van der Waals surface area contributed by atoms with Gasteiger partial charge in [0.25, 0.3) is 11.8 Å². The molecule has 2 aromatic heterocycles. The lowest BCUT2D eigenvalue weighted by atomic mass is 9.80. The van der Waals surface area contributed by atoms with Gasteiger partial charge in [0.05, 0.1) is 44.8 Å². The van der Waals surface area contributed by atoms with Gasteiger partial charge in [0.2, 0.25) is 0 Å². The highest BCUT2D eigenvalue weighted by Gasteiger charge is 2.32. The van der Waals surface area contributed by atoms with E-state index in [1.165, 1.54) is 0 Å². The fraction of sp³-hybridized carbons (Fsp3) is 0.512. The van der Waals surface area contributed by atoms with E-state index in [2.05, 4.69) is 20.4 Å². The molecule has 2 amide bonds. The van der Waals surface area contributed by atoms with Gasteiger partial charge in [-0.05, 0) is 82.4 Å². The maximum absolute atomic E-state index is 13.7. The summed E-state index contributed by atoms with van der Waals surface area (Å²) in [6.45, 7) is 4.04. The van der Waals surface area contributed by atoms with Crippen molar-refractivity contribution in [2.75, 3.05) is 30.3 Å². The van der Waals surface area contributed by atoms with E-state index < -0.39 is 5.97 Å². The zero-order valence-electron chi connectivity index (χ0n) is 33.1. The Bertz CT molecular complexity index is 2200. The van der Waals surface area contributed by atoms with Crippen molar-refractivity contribution in [3.63, 3.8) is 0 Å². The molecule has 15 heteroatoms. The Morgan fingerprint density at radius 2 is 1.28 bits per heavy atom. The van der Waals surface area contributed by atoms with Crippen LogP contribution in [0.15, 0.2) is 36.4 Å². The van der Waals surface area contributed by atoms with Crippen molar-refractivity contribution < 1.29 is 24.6 Å². The van der Waals surface area contributed by atoms with E-state index in [1.54, 1.807) is 24.3 Å². The van der Waals surface area contributed by atoms with Crippen LogP contribution >= 0.6 is 23.2 Å². The molecule has 4 aromatic rings. The predicted molar refractivity (Wildman–Crippen MR) is 223 cm³/mol. The van der Waals surface area contributed by atoms with Gasteiger partial charge in [-0.3, -0.25) is 24.2 Å². The number of aliphatic carboxylic acids is 1. The first kappa shape index (κ1) is 40.5. The van der Waals surface area contributed by atoms with Crippen molar-refractivity contribution in [1.29, 1.82) is 0 Å². The monoisotopic (exact) mass is 830 g/mol. The summed E-state index contributed by atoms with van der Waals surface area (Å²) in [4.78, 5) is 53.2. The van der Waals surface area contributed by atoms with Crippen LogP contribution < -0.4 is 10.6 Å². The van der Waals surface area contributed by atoms with Gasteiger partial charge in [-0.15, -0.1) is 0 Å². The predicted octanol–water partition coefficient (Wildman–Crippen LogP) is 6.93. The molecule has 13 nitrogen and oxygen atoms in total. The third kappa shape index (κ3) is 8.29. The highest BCUT2D eigenvalue weighted by atomic mass is 35.5. The molecule has 2 saturated carbocycles. The van der Waals surface area contributed by atoms with Crippen LogP contribution in [0.3, 0.4) is 0 Å².